The SMILES string of the molecule is O=C(c1c[nH]c(-c2nc3cc(N4CCNCC4)ncc3[nH]2)c1)c1ccccc1C(F)(F)F. The molecule has 0 amide bonds. The van der Waals surface area contributed by atoms with Gasteiger partial charge in [0.05, 0.1) is 28.5 Å². The summed E-state index contributed by atoms with van der Waals surface area (Å²) in [7, 11) is 0. The number of fused-ring (bicyclic) bond motifs is 1. The monoisotopic (exact) mass is 440 g/mol. The number of imidazole rings is 1. The maximum absolute atomic E-state index is 13.3. The maximum atomic E-state index is 13.3. The molecule has 0 atom stereocenters. The van der Waals surface area contributed by atoms with Crippen LogP contribution in [0.4, 0.5) is 19.0 Å². The lowest BCUT2D eigenvalue weighted by molar-refractivity contribution is -0.137. The number of alkyl halides is 3. The van der Waals surface area contributed by atoms with Crippen LogP contribution in [0.1, 0.15) is 21.5 Å². The van der Waals surface area contributed by atoms with Gasteiger partial charge >= 0.3 is 6.18 Å². The highest BCUT2D eigenvalue weighted by molar-refractivity contribution is 6.10. The number of nitrogens with one attached hydrogen (secondary N) is 3. The fourth-order valence-electron chi connectivity index (χ4n) is 3.84. The molecule has 4 heterocycles. The number of hydrogen-bond donors (Lipinski definition) is 3. The third-order valence-electron chi connectivity index (χ3n) is 5.47. The average molecular weight is 440 g/mol. The number of piperazine rings is 1. The van der Waals surface area contributed by atoms with E-state index in [-0.39, 0.29) is 11.1 Å². The van der Waals surface area contributed by atoms with Crippen molar-refractivity contribution in [2.24, 2.45) is 0 Å². The molecule has 1 aliphatic rings. The molecule has 0 aliphatic carbocycles. The highest BCUT2D eigenvalue weighted by atomic mass is 19.4. The lowest BCUT2D eigenvalue weighted by atomic mass is 9.99. The molecular formula is C22H19F3N6O. The Labute approximate surface area is 180 Å². The molecule has 1 aliphatic heterocycles. The molecule has 3 N–H and O–H groups in total. The summed E-state index contributed by atoms with van der Waals surface area (Å²) in [6.45, 7) is 3.50. The second-order valence-electron chi connectivity index (χ2n) is 7.56. The quantitative estimate of drug-likeness (QED) is 0.422. The first-order chi connectivity index (χ1) is 15.4. The molecule has 7 nitrogen and oxygen atoms in total. The zero-order valence-corrected chi connectivity index (χ0v) is 16.8. The van der Waals surface area contributed by atoms with Crippen molar-refractivity contribution in [2.45, 2.75) is 6.18 Å². The normalized spacial score (nSPS) is 14.8. The van der Waals surface area contributed by atoms with Gasteiger partial charge in [0, 0.05) is 49.6 Å². The van der Waals surface area contributed by atoms with Gasteiger partial charge in [-0.05, 0) is 12.1 Å². The number of aromatic amines is 2. The predicted molar refractivity (Wildman–Crippen MR) is 114 cm³/mol. The van der Waals surface area contributed by atoms with Gasteiger partial charge in [-0.2, -0.15) is 13.2 Å². The molecule has 0 bridgehead atoms. The molecule has 0 spiro atoms. The van der Waals surface area contributed by atoms with Gasteiger partial charge in [0.2, 0.25) is 0 Å². The Morgan fingerprint density at radius 1 is 1.09 bits per heavy atom. The third-order valence-corrected chi connectivity index (χ3v) is 5.47. The van der Waals surface area contributed by atoms with E-state index in [4.69, 9.17) is 0 Å². The van der Waals surface area contributed by atoms with E-state index in [1.54, 1.807) is 6.20 Å². The van der Waals surface area contributed by atoms with Crippen LogP contribution in [-0.4, -0.2) is 51.9 Å². The standard InChI is InChI=1S/C22H19F3N6O/c23-22(24,25)15-4-2-1-3-14(15)20(32)13-9-17(27-11-13)21-29-16-10-19(28-12-18(16)30-21)31-7-5-26-6-8-31/h1-4,9-12,26-27H,5-8H2,(H,29,30). The molecular weight excluding hydrogens is 421 g/mol. The minimum atomic E-state index is -4.61. The van der Waals surface area contributed by atoms with E-state index in [0.29, 0.717) is 17.0 Å². The van der Waals surface area contributed by atoms with Gasteiger partial charge < -0.3 is 20.2 Å². The maximum Gasteiger partial charge on any atom is 0.417 e. The summed E-state index contributed by atoms with van der Waals surface area (Å²) in [4.78, 5) is 30.1. The summed E-state index contributed by atoms with van der Waals surface area (Å²) < 4.78 is 39.9. The number of ketones is 1. The van der Waals surface area contributed by atoms with Crippen molar-refractivity contribution in [1.82, 2.24) is 25.3 Å². The van der Waals surface area contributed by atoms with Crippen molar-refractivity contribution in [3.8, 4) is 11.5 Å². The molecule has 10 heteroatoms. The fraction of sp³-hybridized carbons (Fsp3) is 0.227. The van der Waals surface area contributed by atoms with Crippen molar-refractivity contribution >= 4 is 22.6 Å². The molecule has 32 heavy (non-hydrogen) atoms. The number of anilines is 1. The first-order valence-electron chi connectivity index (χ1n) is 10.1. The summed E-state index contributed by atoms with van der Waals surface area (Å²) in [6, 6.07) is 8.16. The summed E-state index contributed by atoms with van der Waals surface area (Å²) in [6.07, 6.45) is -1.51. The van der Waals surface area contributed by atoms with Gasteiger partial charge in [0.25, 0.3) is 0 Å². The van der Waals surface area contributed by atoms with Crippen LogP contribution < -0.4 is 10.2 Å². The van der Waals surface area contributed by atoms with Crippen LogP contribution >= 0.6 is 0 Å². The summed E-state index contributed by atoms with van der Waals surface area (Å²) in [5, 5.41) is 3.30. The van der Waals surface area contributed by atoms with Crippen LogP contribution in [0.5, 0.6) is 0 Å². The van der Waals surface area contributed by atoms with Gasteiger partial charge in [0.15, 0.2) is 11.6 Å². The lowest BCUT2D eigenvalue weighted by Gasteiger charge is -2.28. The van der Waals surface area contributed by atoms with Crippen molar-refractivity contribution < 1.29 is 18.0 Å². The second-order valence-corrected chi connectivity index (χ2v) is 7.56. The highest BCUT2D eigenvalue weighted by Gasteiger charge is 2.35. The minimum absolute atomic E-state index is 0.122. The van der Waals surface area contributed by atoms with Crippen LogP contribution in [0.3, 0.4) is 0 Å². The molecule has 1 fully saturated rings. The zero-order chi connectivity index (χ0) is 22.3. The van der Waals surface area contributed by atoms with Gasteiger partial charge in [-0.25, -0.2) is 9.97 Å². The second kappa shape index (κ2) is 7.79. The zero-order valence-electron chi connectivity index (χ0n) is 16.8. The fourth-order valence-corrected chi connectivity index (χ4v) is 3.84. The van der Waals surface area contributed by atoms with E-state index < -0.39 is 17.5 Å². The number of H-pyrrole nitrogens is 2. The Balaban J connectivity index is 1.44. The molecule has 1 saturated heterocycles. The molecule has 5 rings (SSSR count). The van der Waals surface area contributed by atoms with Gasteiger partial charge in [-0.1, -0.05) is 18.2 Å². The van der Waals surface area contributed by atoms with E-state index in [1.165, 1.54) is 30.5 Å². The third kappa shape index (κ3) is 3.73. The van der Waals surface area contributed by atoms with Crippen LogP contribution in [0.15, 0.2) is 48.8 Å². The summed E-state index contributed by atoms with van der Waals surface area (Å²) in [5.74, 6) is 0.602. The number of carbonyl (C=O) groups is 1. The van der Waals surface area contributed by atoms with Gasteiger partial charge in [-0.3, -0.25) is 4.79 Å². The number of pyridine rings is 1. The number of benzene rings is 1. The predicted octanol–water partition coefficient (Wildman–Crippen LogP) is 3.61. The number of halogens is 3. The Kier molecular flexibility index (Phi) is 4.93. The van der Waals surface area contributed by atoms with Crippen molar-refractivity contribution in [1.29, 1.82) is 0 Å². The molecule has 4 aromatic rings. The Morgan fingerprint density at radius 2 is 1.88 bits per heavy atom. The Hall–Kier alpha value is -3.66. The summed E-state index contributed by atoms with van der Waals surface area (Å²) >= 11 is 0. The average Bonchev–Trinajstić information content (AvgIpc) is 3.45. The van der Waals surface area contributed by atoms with E-state index >= 15 is 0 Å². The summed E-state index contributed by atoms with van der Waals surface area (Å²) in [5.41, 5.74) is 0.717. The smallest absolute Gasteiger partial charge is 0.358 e. The Morgan fingerprint density at radius 3 is 2.66 bits per heavy atom. The molecule has 0 radical (unpaired) electrons. The van der Waals surface area contributed by atoms with Crippen LogP contribution in [0.2, 0.25) is 0 Å². The Bertz CT molecular complexity index is 1290. The van der Waals surface area contributed by atoms with Crippen LogP contribution in [-0.2, 0) is 6.18 Å². The number of rotatable bonds is 4. The number of nitrogens with zero attached hydrogens (tertiary/aromatic N) is 3. The molecule has 3 aromatic heterocycles. The van der Waals surface area contributed by atoms with Gasteiger partial charge in [0.1, 0.15) is 5.82 Å². The first kappa shape index (κ1) is 20.3. The van der Waals surface area contributed by atoms with E-state index in [2.05, 4.69) is 30.2 Å². The molecule has 1 aromatic carbocycles. The number of aromatic nitrogens is 4. The van der Waals surface area contributed by atoms with Gasteiger partial charge in [-0.15, -0.1) is 0 Å². The van der Waals surface area contributed by atoms with E-state index in [1.807, 2.05) is 6.07 Å². The topological polar surface area (TPSA) is 89.7 Å². The molecule has 164 valence electrons. The van der Waals surface area contributed by atoms with Crippen LogP contribution in [0.25, 0.3) is 22.6 Å². The largest absolute Gasteiger partial charge is 0.417 e. The number of hydrogen-bond acceptors (Lipinski definition) is 5. The minimum Gasteiger partial charge on any atom is -0.358 e. The highest BCUT2D eigenvalue weighted by Crippen LogP contribution is 2.33. The molecule has 0 saturated carbocycles. The van der Waals surface area contributed by atoms with Crippen molar-refractivity contribution in [3.05, 3.63) is 65.5 Å². The van der Waals surface area contributed by atoms with E-state index in [9.17, 15) is 18.0 Å². The number of carbonyl (C=O) groups excluding carboxylic acids is 1. The van der Waals surface area contributed by atoms with E-state index in [0.717, 1.165) is 43.6 Å². The van der Waals surface area contributed by atoms with Crippen LogP contribution in [0, 0.1) is 0 Å². The van der Waals surface area contributed by atoms with Crippen molar-refractivity contribution in [2.75, 3.05) is 31.1 Å². The lowest BCUT2D eigenvalue weighted by Crippen LogP contribution is -2.43. The molecule has 0 unspecified atom stereocenters. The van der Waals surface area contributed by atoms with Crippen molar-refractivity contribution in [3.63, 3.8) is 0 Å². The first-order valence-corrected chi connectivity index (χ1v) is 10.1.